The van der Waals surface area contributed by atoms with E-state index in [0.717, 1.165) is 36.5 Å². The van der Waals surface area contributed by atoms with E-state index in [9.17, 15) is 8.42 Å². The summed E-state index contributed by atoms with van der Waals surface area (Å²) < 4.78 is 31.6. The molecule has 2 aliphatic rings. The van der Waals surface area contributed by atoms with Gasteiger partial charge in [0, 0.05) is 18.8 Å². The van der Waals surface area contributed by atoms with Gasteiger partial charge < -0.3 is 19.5 Å². The predicted octanol–water partition coefficient (Wildman–Crippen LogP) is 1.19. The van der Waals surface area contributed by atoms with Gasteiger partial charge >= 0.3 is 0 Å². The molecular weight excluding hydrogens is 352 g/mol. The van der Waals surface area contributed by atoms with Crippen molar-refractivity contribution in [1.82, 2.24) is 19.8 Å². The molecule has 4 rings (SSSR count). The Balaban J connectivity index is 1.57. The molecule has 2 aromatic rings. The number of hydrogen-bond donors (Lipinski definition) is 1. The molecule has 1 fully saturated rings. The predicted molar refractivity (Wildman–Crippen MR) is 100 cm³/mol. The highest BCUT2D eigenvalue weighted by Crippen LogP contribution is 2.27. The third kappa shape index (κ3) is 3.51. The van der Waals surface area contributed by atoms with E-state index in [4.69, 9.17) is 4.74 Å². The smallest absolute Gasteiger partial charge is 0.175 e. The third-order valence-electron chi connectivity index (χ3n) is 5.43. The van der Waals surface area contributed by atoms with Crippen LogP contribution in [0.15, 0.2) is 23.1 Å². The summed E-state index contributed by atoms with van der Waals surface area (Å²) in [5.74, 6) is 0.868. The number of nitrogens with one attached hydrogen (secondary N) is 1. The maximum Gasteiger partial charge on any atom is 0.175 e. The first-order valence-electron chi connectivity index (χ1n) is 9.12. The van der Waals surface area contributed by atoms with E-state index < -0.39 is 9.84 Å². The minimum atomic E-state index is -3.24. The van der Waals surface area contributed by atoms with Gasteiger partial charge in [0.2, 0.25) is 0 Å². The Bertz CT molecular complexity index is 901. The lowest BCUT2D eigenvalue weighted by Gasteiger charge is -2.32. The Hall–Kier alpha value is -1.48. The van der Waals surface area contributed by atoms with E-state index in [0.29, 0.717) is 24.2 Å². The molecule has 1 N–H and O–H groups in total. The Morgan fingerprint density at radius 2 is 2.08 bits per heavy atom. The topological polar surface area (TPSA) is 76.5 Å². The molecule has 1 unspecified atom stereocenters. The first kappa shape index (κ1) is 17.9. The van der Waals surface area contributed by atoms with Crippen LogP contribution in [0.5, 0.6) is 0 Å². The van der Waals surface area contributed by atoms with Crippen LogP contribution >= 0.6 is 0 Å². The van der Waals surface area contributed by atoms with E-state index >= 15 is 0 Å². The number of benzene rings is 1. The average Bonchev–Trinajstić information content (AvgIpc) is 2.99. The van der Waals surface area contributed by atoms with Crippen LogP contribution in [-0.2, 0) is 21.2 Å². The molecule has 26 heavy (non-hydrogen) atoms. The summed E-state index contributed by atoms with van der Waals surface area (Å²) in [6, 6.07) is 5.92. The van der Waals surface area contributed by atoms with Crippen molar-refractivity contribution < 1.29 is 13.2 Å². The summed E-state index contributed by atoms with van der Waals surface area (Å²) in [6.45, 7) is 4.21. The van der Waals surface area contributed by atoms with Gasteiger partial charge in [0.25, 0.3) is 0 Å². The van der Waals surface area contributed by atoms with Crippen LogP contribution in [0.25, 0.3) is 11.0 Å². The molecule has 0 bridgehead atoms. The van der Waals surface area contributed by atoms with Crippen molar-refractivity contribution in [2.75, 3.05) is 39.5 Å². The minimum absolute atomic E-state index is 0.174. The minimum Gasteiger partial charge on any atom is -0.371 e. The van der Waals surface area contributed by atoms with Gasteiger partial charge in [-0.05, 0) is 51.2 Å². The molecule has 0 saturated carbocycles. The van der Waals surface area contributed by atoms with E-state index in [-0.39, 0.29) is 6.04 Å². The molecule has 1 aromatic heterocycles. The molecule has 7 nitrogen and oxygen atoms in total. The number of piperidine rings is 1. The number of aromatic nitrogens is 2. The fourth-order valence-electron chi connectivity index (χ4n) is 3.89. The summed E-state index contributed by atoms with van der Waals surface area (Å²) in [6.07, 6.45) is 3.56. The second kappa shape index (κ2) is 6.92. The first-order valence-corrected chi connectivity index (χ1v) is 11.0. The molecule has 1 saturated heterocycles. The molecule has 1 aromatic carbocycles. The number of likely N-dealkylation sites (tertiary alicyclic amines) is 1. The van der Waals surface area contributed by atoms with Gasteiger partial charge in [0.1, 0.15) is 12.4 Å². The molecule has 8 heteroatoms. The number of hydrogen-bond acceptors (Lipinski definition) is 6. The largest absolute Gasteiger partial charge is 0.371 e. The lowest BCUT2D eigenvalue weighted by atomic mass is 10.1. The van der Waals surface area contributed by atoms with Gasteiger partial charge in [-0.15, -0.1) is 0 Å². The van der Waals surface area contributed by atoms with E-state index in [1.807, 2.05) is 6.07 Å². The van der Waals surface area contributed by atoms with Gasteiger partial charge in [-0.2, -0.15) is 0 Å². The van der Waals surface area contributed by atoms with Crippen LogP contribution in [0.2, 0.25) is 0 Å². The molecule has 0 aliphatic carbocycles. The molecular formula is C18H26N4O3S. The number of imidazole rings is 1. The quantitative estimate of drug-likeness (QED) is 0.861. The number of sulfone groups is 1. The lowest BCUT2D eigenvalue weighted by molar-refractivity contribution is 0.0547. The van der Waals surface area contributed by atoms with E-state index in [1.54, 1.807) is 12.1 Å². The summed E-state index contributed by atoms with van der Waals surface area (Å²) >= 11 is 0. The van der Waals surface area contributed by atoms with Crippen molar-refractivity contribution in [3.63, 3.8) is 0 Å². The molecule has 1 atom stereocenters. The number of ether oxygens (including phenoxy) is 1. The lowest BCUT2D eigenvalue weighted by Crippen LogP contribution is -2.44. The zero-order chi connectivity index (χ0) is 18.3. The van der Waals surface area contributed by atoms with Crippen molar-refractivity contribution >= 4 is 20.9 Å². The monoisotopic (exact) mass is 378 g/mol. The van der Waals surface area contributed by atoms with Crippen LogP contribution in [0.3, 0.4) is 0 Å². The van der Waals surface area contributed by atoms with Crippen molar-refractivity contribution in [3.8, 4) is 0 Å². The molecule has 0 amide bonds. The van der Waals surface area contributed by atoms with Gasteiger partial charge in [-0.1, -0.05) is 0 Å². The normalized spacial score (nSPS) is 22.6. The Kier molecular flexibility index (Phi) is 4.77. The molecule has 0 radical (unpaired) electrons. The number of rotatable bonds is 4. The SMILES string of the molecule is CN1CCC(NCC2COCc3nc4cc(S(C)(=O)=O)ccc4n32)CC1. The van der Waals surface area contributed by atoms with Gasteiger partial charge in [0.15, 0.2) is 9.84 Å². The fourth-order valence-corrected chi connectivity index (χ4v) is 4.54. The highest BCUT2D eigenvalue weighted by molar-refractivity contribution is 7.90. The molecule has 2 aliphatic heterocycles. The van der Waals surface area contributed by atoms with Crippen molar-refractivity contribution in [3.05, 3.63) is 24.0 Å². The molecule has 3 heterocycles. The Morgan fingerprint density at radius 3 is 2.81 bits per heavy atom. The van der Waals surface area contributed by atoms with Crippen LogP contribution < -0.4 is 5.32 Å². The van der Waals surface area contributed by atoms with Crippen LogP contribution in [-0.4, -0.2) is 68.5 Å². The zero-order valence-electron chi connectivity index (χ0n) is 15.3. The molecule has 0 spiro atoms. The van der Waals surface area contributed by atoms with Crippen LogP contribution in [0.4, 0.5) is 0 Å². The fraction of sp³-hybridized carbons (Fsp3) is 0.611. The van der Waals surface area contributed by atoms with Crippen LogP contribution in [0.1, 0.15) is 24.7 Å². The van der Waals surface area contributed by atoms with Crippen molar-refractivity contribution in [2.45, 2.75) is 36.4 Å². The molecule has 142 valence electrons. The van der Waals surface area contributed by atoms with E-state index in [1.165, 1.54) is 19.1 Å². The van der Waals surface area contributed by atoms with Gasteiger partial charge in [-0.3, -0.25) is 0 Å². The van der Waals surface area contributed by atoms with Crippen LogP contribution in [0, 0.1) is 0 Å². The summed E-state index contributed by atoms with van der Waals surface area (Å²) in [5.41, 5.74) is 1.70. The maximum absolute atomic E-state index is 11.8. The highest BCUT2D eigenvalue weighted by atomic mass is 32.2. The zero-order valence-corrected chi connectivity index (χ0v) is 16.1. The van der Waals surface area contributed by atoms with Gasteiger partial charge in [0.05, 0.1) is 28.6 Å². The second-order valence-corrected chi connectivity index (χ2v) is 9.49. The highest BCUT2D eigenvalue weighted by Gasteiger charge is 2.26. The van der Waals surface area contributed by atoms with Gasteiger partial charge in [-0.25, -0.2) is 13.4 Å². The first-order chi connectivity index (χ1) is 12.4. The number of nitrogens with zero attached hydrogens (tertiary/aromatic N) is 3. The van der Waals surface area contributed by atoms with E-state index in [2.05, 4.69) is 26.8 Å². The average molecular weight is 378 g/mol. The van der Waals surface area contributed by atoms with Crippen molar-refractivity contribution in [2.24, 2.45) is 0 Å². The summed E-state index contributed by atoms with van der Waals surface area (Å²) in [4.78, 5) is 7.29. The standard InChI is InChI=1S/C18H26N4O3S/c1-21-7-5-13(6-8-21)19-10-14-11-25-12-18-20-16-9-15(26(2,23)24)3-4-17(16)22(14)18/h3-4,9,13-14,19H,5-8,10-12H2,1-2H3. The second-order valence-electron chi connectivity index (χ2n) is 7.48. The number of fused-ring (bicyclic) bond motifs is 3. The summed E-state index contributed by atoms with van der Waals surface area (Å²) in [5, 5.41) is 3.69. The maximum atomic E-state index is 11.8. The Morgan fingerprint density at radius 1 is 1.31 bits per heavy atom. The third-order valence-corrected chi connectivity index (χ3v) is 6.54. The van der Waals surface area contributed by atoms with Crippen molar-refractivity contribution in [1.29, 1.82) is 0 Å². The Labute approximate surface area is 154 Å². The summed E-state index contributed by atoms with van der Waals surface area (Å²) in [7, 11) is -1.07.